The molecule has 31 heavy (non-hydrogen) atoms. The lowest BCUT2D eigenvalue weighted by atomic mass is 10.1. The second-order valence-electron chi connectivity index (χ2n) is 7.90. The van der Waals surface area contributed by atoms with E-state index in [1.165, 1.54) is 34.6 Å². The zero-order valence-electron chi connectivity index (χ0n) is 18.5. The number of aromatic carboxylic acids is 1. The van der Waals surface area contributed by atoms with Crippen molar-refractivity contribution in [2.45, 2.75) is 46.3 Å². The topological polar surface area (TPSA) is 51.5 Å². The largest absolute Gasteiger partial charge is 0.478 e. The summed E-state index contributed by atoms with van der Waals surface area (Å²) in [5.41, 5.74) is 3.78. The van der Waals surface area contributed by atoms with Crippen molar-refractivity contribution in [2.24, 2.45) is 0 Å². The second-order valence-corrected chi connectivity index (χ2v) is 7.90. The van der Waals surface area contributed by atoms with Gasteiger partial charge in [0.15, 0.2) is 0 Å². The van der Waals surface area contributed by atoms with Crippen molar-refractivity contribution in [1.82, 2.24) is 4.57 Å². The average Bonchev–Trinajstić information content (AvgIpc) is 3.09. The summed E-state index contributed by atoms with van der Waals surface area (Å²) in [6, 6.07) is 23.8. The number of carboxylic acid groups (broad SMARTS) is 1. The van der Waals surface area contributed by atoms with Crippen LogP contribution < -0.4 is 0 Å². The molecular weight excluding hydrogens is 386 g/mol. The molecule has 0 aliphatic rings. The van der Waals surface area contributed by atoms with Gasteiger partial charge in [0.25, 0.3) is 0 Å². The smallest absolute Gasteiger partial charge is 0.335 e. The maximum Gasteiger partial charge on any atom is 0.335 e. The standard InChI is InChI=1S/C20H15NO2.C7H16O/c22-20(23)15-11-9-14(10-12-15)13-21-18-7-3-1-5-16(18)17-6-2-4-8-19(17)21;1-4-5-6-8-7(2)3/h1-12H,13H2,(H,22,23);7H,4-6H2,1-3H3. The van der Waals surface area contributed by atoms with Crippen LogP contribution in [0.4, 0.5) is 0 Å². The molecule has 1 aromatic heterocycles. The lowest BCUT2D eigenvalue weighted by molar-refractivity contribution is 0.0696. The van der Waals surface area contributed by atoms with Crippen molar-refractivity contribution in [3.8, 4) is 0 Å². The van der Waals surface area contributed by atoms with Crippen LogP contribution in [-0.4, -0.2) is 28.4 Å². The molecule has 0 amide bonds. The van der Waals surface area contributed by atoms with Crippen molar-refractivity contribution in [2.75, 3.05) is 6.61 Å². The van der Waals surface area contributed by atoms with E-state index in [0.717, 1.165) is 12.2 Å². The van der Waals surface area contributed by atoms with Crippen LogP contribution in [0.25, 0.3) is 21.8 Å². The van der Waals surface area contributed by atoms with Crippen LogP contribution in [0, 0.1) is 0 Å². The Balaban J connectivity index is 0.000000293. The minimum Gasteiger partial charge on any atom is -0.478 e. The molecule has 1 N–H and O–H groups in total. The van der Waals surface area contributed by atoms with E-state index in [9.17, 15) is 4.79 Å². The molecule has 0 atom stereocenters. The van der Waals surface area contributed by atoms with Gasteiger partial charge in [-0.3, -0.25) is 0 Å². The number of hydrogen-bond acceptors (Lipinski definition) is 2. The summed E-state index contributed by atoms with van der Waals surface area (Å²) >= 11 is 0. The van der Waals surface area contributed by atoms with Gasteiger partial charge in [-0.2, -0.15) is 0 Å². The van der Waals surface area contributed by atoms with Crippen LogP contribution in [0.2, 0.25) is 0 Å². The number of ether oxygens (including phenoxy) is 1. The summed E-state index contributed by atoms with van der Waals surface area (Å²) in [4.78, 5) is 11.0. The number of nitrogens with zero attached hydrogens (tertiary/aromatic N) is 1. The number of unbranched alkanes of at least 4 members (excludes halogenated alkanes) is 1. The summed E-state index contributed by atoms with van der Waals surface area (Å²) in [7, 11) is 0. The van der Waals surface area contributed by atoms with Crippen molar-refractivity contribution in [1.29, 1.82) is 0 Å². The Morgan fingerprint density at radius 3 is 1.94 bits per heavy atom. The molecule has 4 nitrogen and oxygen atoms in total. The van der Waals surface area contributed by atoms with Gasteiger partial charge >= 0.3 is 5.97 Å². The third-order valence-electron chi connectivity index (χ3n) is 5.17. The predicted molar refractivity (Wildman–Crippen MR) is 128 cm³/mol. The van der Waals surface area contributed by atoms with Gasteiger partial charge < -0.3 is 14.4 Å². The Morgan fingerprint density at radius 2 is 1.45 bits per heavy atom. The molecule has 4 rings (SSSR count). The molecule has 0 spiro atoms. The Hall–Kier alpha value is -3.11. The molecule has 4 heteroatoms. The van der Waals surface area contributed by atoms with Crippen molar-refractivity contribution in [3.05, 3.63) is 83.9 Å². The Labute approximate surface area is 184 Å². The molecule has 0 aliphatic carbocycles. The molecule has 4 aromatic rings. The fourth-order valence-corrected chi connectivity index (χ4v) is 3.57. The molecule has 0 aliphatic heterocycles. The summed E-state index contributed by atoms with van der Waals surface area (Å²) < 4.78 is 7.56. The van der Waals surface area contributed by atoms with Crippen LogP contribution in [0.1, 0.15) is 49.5 Å². The van der Waals surface area contributed by atoms with E-state index in [4.69, 9.17) is 9.84 Å². The van der Waals surface area contributed by atoms with Gasteiger partial charge in [-0.15, -0.1) is 0 Å². The number of hydrogen-bond donors (Lipinski definition) is 1. The summed E-state index contributed by atoms with van der Waals surface area (Å²) in [6.07, 6.45) is 2.83. The number of para-hydroxylation sites is 2. The first-order valence-corrected chi connectivity index (χ1v) is 10.9. The van der Waals surface area contributed by atoms with Gasteiger partial charge in [-0.25, -0.2) is 4.79 Å². The highest BCUT2D eigenvalue weighted by molar-refractivity contribution is 6.08. The highest BCUT2D eigenvalue weighted by Gasteiger charge is 2.10. The molecule has 1 heterocycles. The minimum absolute atomic E-state index is 0.316. The van der Waals surface area contributed by atoms with E-state index in [1.54, 1.807) is 12.1 Å². The van der Waals surface area contributed by atoms with Crippen molar-refractivity contribution >= 4 is 27.8 Å². The fourth-order valence-electron chi connectivity index (χ4n) is 3.57. The van der Waals surface area contributed by atoms with Gasteiger partial charge in [0.2, 0.25) is 0 Å². The highest BCUT2D eigenvalue weighted by Crippen LogP contribution is 2.29. The van der Waals surface area contributed by atoms with E-state index in [0.29, 0.717) is 18.2 Å². The predicted octanol–water partition coefficient (Wildman–Crippen LogP) is 6.75. The lowest BCUT2D eigenvalue weighted by Gasteiger charge is -2.08. The van der Waals surface area contributed by atoms with Crippen molar-refractivity contribution < 1.29 is 14.6 Å². The van der Waals surface area contributed by atoms with E-state index < -0.39 is 5.97 Å². The number of carboxylic acids is 1. The second kappa shape index (κ2) is 10.8. The first kappa shape index (κ1) is 22.6. The van der Waals surface area contributed by atoms with E-state index >= 15 is 0 Å². The van der Waals surface area contributed by atoms with Crippen LogP contribution in [0.5, 0.6) is 0 Å². The molecule has 3 aromatic carbocycles. The Bertz CT molecular complexity index is 1070. The molecule has 0 unspecified atom stereocenters. The summed E-state index contributed by atoms with van der Waals surface area (Å²) in [5.74, 6) is -0.895. The van der Waals surface area contributed by atoms with Crippen LogP contribution in [0.15, 0.2) is 72.8 Å². The number of aromatic nitrogens is 1. The minimum atomic E-state index is -0.895. The molecule has 0 fully saturated rings. The Morgan fingerprint density at radius 1 is 0.903 bits per heavy atom. The van der Waals surface area contributed by atoms with Gasteiger partial charge in [-0.1, -0.05) is 61.9 Å². The van der Waals surface area contributed by atoms with E-state index in [2.05, 4.69) is 61.7 Å². The van der Waals surface area contributed by atoms with Crippen molar-refractivity contribution in [3.63, 3.8) is 0 Å². The summed E-state index contributed by atoms with van der Waals surface area (Å²) in [6.45, 7) is 7.94. The summed E-state index contributed by atoms with van der Waals surface area (Å²) in [5, 5.41) is 11.5. The van der Waals surface area contributed by atoms with Crippen LogP contribution in [-0.2, 0) is 11.3 Å². The van der Waals surface area contributed by atoms with E-state index in [1.807, 2.05) is 24.3 Å². The van der Waals surface area contributed by atoms with Crippen LogP contribution in [0.3, 0.4) is 0 Å². The molecular formula is C27H31NO3. The molecule has 0 saturated heterocycles. The van der Waals surface area contributed by atoms with Gasteiger partial charge in [0, 0.05) is 35.0 Å². The normalized spacial score (nSPS) is 11.0. The zero-order valence-corrected chi connectivity index (χ0v) is 18.5. The molecule has 0 bridgehead atoms. The fraction of sp³-hybridized carbons (Fsp3) is 0.296. The monoisotopic (exact) mass is 417 g/mol. The zero-order chi connectivity index (χ0) is 22.2. The molecule has 162 valence electrons. The third kappa shape index (κ3) is 5.74. The van der Waals surface area contributed by atoms with Gasteiger partial charge in [-0.05, 0) is 50.1 Å². The maximum atomic E-state index is 11.0. The first-order chi connectivity index (χ1) is 15.0. The first-order valence-electron chi connectivity index (χ1n) is 10.9. The van der Waals surface area contributed by atoms with E-state index in [-0.39, 0.29) is 0 Å². The van der Waals surface area contributed by atoms with Crippen LogP contribution >= 0.6 is 0 Å². The number of carbonyl (C=O) groups is 1. The number of fused-ring (bicyclic) bond motifs is 3. The highest BCUT2D eigenvalue weighted by atomic mass is 16.5. The number of rotatable bonds is 7. The number of benzene rings is 3. The third-order valence-corrected chi connectivity index (χ3v) is 5.17. The van der Waals surface area contributed by atoms with Gasteiger partial charge in [0.05, 0.1) is 11.7 Å². The molecule has 0 saturated carbocycles. The van der Waals surface area contributed by atoms with Gasteiger partial charge in [0.1, 0.15) is 0 Å². The maximum absolute atomic E-state index is 11.0. The molecule has 0 radical (unpaired) electrons. The quantitative estimate of drug-likeness (QED) is 0.338. The average molecular weight is 418 g/mol. The Kier molecular flexibility index (Phi) is 7.85. The lowest BCUT2D eigenvalue weighted by Crippen LogP contribution is -2.02. The SMILES string of the molecule is CCCCOC(C)C.O=C(O)c1ccc(Cn2c3ccccc3c3ccccc32)cc1.